The first kappa shape index (κ1) is 17.2. The standard InChI is InChI=1S/C14H9F7N2/c1-8-2-4-9(5-3-8)10-6-11(23-7-22-10)12(15,16)13(17,18)14(19,20)21/h2-7H,1H3. The minimum absolute atomic E-state index is 0.187. The first-order valence-corrected chi connectivity index (χ1v) is 6.19. The van der Waals surface area contributed by atoms with Gasteiger partial charge in [0, 0.05) is 5.56 Å². The summed E-state index contributed by atoms with van der Waals surface area (Å²) in [6, 6.07) is 6.59. The van der Waals surface area contributed by atoms with E-state index in [4.69, 9.17) is 0 Å². The zero-order valence-electron chi connectivity index (χ0n) is 11.5. The Morgan fingerprint density at radius 3 is 1.91 bits per heavy atom. The van der Waals surface area contributed by atoms with E-state index in [1.165, 1.54) is 12.1 Å². The lowest BCUT2D eigenvalue weighted by Gasteiger charge is -2.27. The Balaban J connectivity index is 2.49. The molecule has 0 fully saturated rings. The quantitative estimate of drug-likeness (QED) is 0.756. The fourth-order valence-electron chi connectivity index (χ4n) is 1.75. The molecule has 9 heteroatoms. The number of rotatable bonds is 3. The molecule has 2 rings (SSSR count). The third-order valence-corrected chi connectivity index (χ3v) is 3.09. The summed E-state index contributed by atoms with van der Waals surface area (Å²) < 4.78 is 90.0. The first-order chi connectivity index (χ1) is 10.5. The summed E-state index contributed by atoms with van der Waals surface area (Å²) in [6.07, 6.45) is -5.89. The van der Waals surface area contributed by atoms with Gasteiger partial charge in [0.1, 0.15) is 12.0 Å². The smallest absolute Gasteiger partial charge is 0.236 e. The zero-order valence-corrected chi connectivity index (χ0v) is 11.5. The van der Waals surface area contributed by atoms with Crippen molar-refractivity contribution in [2.24, 2.45) is 0 Å². The van der Waals surface area contributed by atoms with Gasteiger partial charge in [-0.1, -0.05) is 29.8 Å². The molecule has 124 valence electrons. The first-order valence-electron chi connectivity index (χ1n) is 6.19. The van der Waals surface area contributed by atoms with Gasteiger partial charge >= 0.3 is 18.0 Å². The number of benzene rings is 1. The Labute approximate surface area is 126 Å². The van der Waals surface area contributed by atoms with Gasteiger partial charge in [-0.05, 0) is 13.0 Å². The number of hydrogen-bond acceptors (Lipinski definition) is 2. The maximum Gasteiger partial charge on any atom is 0.460 e. The second-order valence-corrected chi connectivity index (χ2v) is 4.80. The molecule has 0 radical (unpaired) electrons. The van der Waals surface area contributed by atoms with Crippen molar-refractivity contribution >= 4 is 0 Å². The van der Waals surface area contributed by atoms with Gasteiger partial charge in [-0.2, -0.15) is 30.7 Å². The van der Waals surface area contributed by atoms with Crippen LogP contribution in [0.25, 0.3) is 11.3 Å². The van der Waals surface area contributed by atoms with Gasteiger partial charge in [-0.15, -0.1) is 0 Å². The van der Waals surface area contributed by atoms with E-state index in [-0.39, 0.29) is 11.3 Å². The normalized spacial score (nSPS) is 13.2. The second kappa shape index (κ2) is 5.47. The molecule has 0 N–H and O–H groups in total. The van der Waals surface area contributed by atoms with E-state index in [1.807, 2.05) is 0 Å². The van der Waals surface area contributed by atoms with E-state index in [2.05, 4.69) is 9.97 Å². The van der Waals surface area contributed by atoms with Crippen LogP contribution in [0, 0.1) is 6.92 Å². The van der Waals surface area contributed by atoms with Crippen LogP contribution in [0.5, 0.6) is 0 Å². The minimum Gasteiger partial charge on any atom is -0.236 e. The highest BCUT2D eigenvalue weighted by Gasteiger charge is 2.74. The van der Waals surface area contributed by atoms with Crippen molar-refractivity contribution in [3.05, 3.63) is 47.9 Å². The van der Waals surface area contributed by atoms with Gasteiger partial charge in [-0.25, -0.2) is 9.97 Å². The molecule has 0 bridgehead atoms. The largest absolute Gasteiger partial charge is 0.460 e. The maximum absolute atomic E-state index is 13.6. The van der Waals surface area contributed by atoms with Crippen molar-refractivity contribution in [3.63, 3.8) is 0 Å². The predicted octanol–water partition coefficient (Wildman–Crippen LogP) is 4.74. The van der Waals surface area contributed by atoms with Gasteiger partial charge in [0.15, 0.2) is 0 Å². The summed E-state index contributed by atoms with van der Waals surface area (Å²) >= 11 is 0. The number of aromatic nitrogens is 2. The number of alkyl halides is 7. The monoisotopic (exact) mass is 338 g/mol. The summed E-state index contributed by atoms with van der Waals surface area (Å²) in [5.74, 6) is -11.8. The average molecular weight is 338 g/mol. The Kier molecular flexibility index (Phi) is 4.08. The maximum atomic E-state index is 13.6. The molecule has 0 unspecified atom stereocenters. The van der Waals surface area contributed by atoms with Crippen LogP contribution < -0.4 is 0 Å². The molecule has 0 amide bonds. The van der Waals surface area contributed by atoms with Crippen LogP contribution in [0.2, 0.25) is 0 Å². The molecule has 0 aliphatic rings. The summed E-state index contributed by atoms with van der Waals surface area (Å²) in [5, 5.41) is 0. The fraction of sp³-hybridized carbons (Fsp3) is 0.286. The number of hydrogen-bond donors (Lipinski definition) is 0. The molecule has 23 heavy (non-hydrogen) atoms. The molecule has 2 nitrogen and oxygen atoms in total. The highest BCUT2D eigenvalue weighted by molar-refractivity contribution is 5.59. The SMILES string of the molecule is Cc1ccc(-c2cc(C(F)(F)C(F)(F)C(F)(F)F)ncn2)cc1. The summed E-state index contributed by atoms with van der Waals surface area (Å²) in [5.41, 5.74) is -0.764. The van der Waals surface area contributed by atoms with E-state index in [0.717, 1.165) is 5.56 Å². The Morgan fingerprint density at radius 2 is 1.39 bits per heavy atom. The van der Waals surface area contributed by atoms with Gasteiger partial charge in [0.25, 0.3) is 0 Å². The minimum atomic E-state index is -6.41. The van der Waals surface area contributed by atoms with Crippen LogP contribution in [0.4, 0.5) is 30.7 Å². The van der Waals surface area contributed by atoms with Crippen molar-refractivity contribution in [1.82, 2.24) is 9.97 Å². The predicted molar refractivity (Wildman–Crippen MR) is 67.1 cm³/mol. The van der Waals surface area contributed by atoms with E-state index in [9.17, 15) is 30.7 Å². The third-order valence-electron chi connectivity index (χ3n) is 3.09. The van der Waals surface area contributed by atoms with Crippen LogP contribution in [0.3, 0.4) is 0 Å². The number of nitrogens with zero attached hydrogens (tertiary/aromatic N) is 2. The van der Waals surface area contributed by atoms with Gasteiger partial charge < -0.3 is 0 Å². The topological polar surface area (TPSA) is 25.8 Å². The molecule has 1 aromatic heterocycles. The molecular formula is C14H9F7N2. The molecule has 0 saturated heterocycles. The Bertz CT molecular complexity index is 693. The van der Waals surface area contributed by atoms with Crippen LogP contribution >= 0.6 is 0 Å². The third kappa shape index (κ3) is 2.99. The second-order valence-electron chi connectivity index (χ2n) is 4.80. The average Bonchev–Trinajstić information content (AvgIpc) is 2.47. The van der Waals surface area contributed by atoms with Gasteiger partial charge in [0.05, 0.1) is 5.69 Å². The summed E-state index contributed by atoms with van der Waals surface area (Å²) in [7, 11) is 0. The van der Waals surface area contributed by atoms with Crippen molar-refractivity contribution in [3.8, 4) is 11.3 Å². The molecule has 2 aromatic rings. The fourth-order valence-corrected chi connectivity index (χ4v) is 1.75. The molecule has 0 spiro atoms. The van der Waals surface area contributed by atoms with Crippen LogP contribution in [0.1, 0.15) is 11.3 Å². The summed E-state index contributed by atoms with van der Waals surface area (Å²) in [4.78, 5) is 6.52. The molecule has 1 aromatic carbocycles. The highest BCUT2D eigenvalue weighted by Crippen LogP contribution is 2.51. The van der Waals surface area contributed by atoms with E-state index < -0.39 is 23.7 Å². The van der Waals surface area contributed by atoms with Crippen molar-refractivity contribution in [2.45, 2.75) is 24.9 Å². The Hall–Kier alpha value is -2.19. The number of halogens is 7. The van der Waals surface area contributed by atoms with E-state index in [0.29, 0.717) is 12.4 Å². The van der Waals surface area contributed by atoms with Crippen molar-refractivity contribution in [2.75, 3.05) is 0 Å². The Morgan fingerprint density at radius 1 is 0.826 bits per heavy atom. The van der Waals surface area contributed by atoms with Crippen LogP contribution in [0.15, 0.2) is 36.7 Å². The number of aryl methyl sites for hydroxylation is 1. The van der Waals surface area contributed by atoms with Crippen LogP contribution in [-0.2, 0) is 5.92 Å². The highest BCUT2D eigenvalue weighted by atomic mass is 19.4. The van der Waals surface area contributed by atoms with Gasteiger partial charge in [0.2, 0.25) is 0 Å². The lowest BCUT2D eigenvalue weighted by atomic mass is 10.0. The lowest BCUT2D eigenvalue weighted by molar-refractivity contribution is -0.360. The lowest BCUT2D eigenvalue weighted by Crippen LogP contribution is -2.50. The molecule has 0 aliphatic heterocycles. The van der Waals surface area contributed by atoms with Crippen molar-refractivity contribution < 1.29 is 30.7 Å². The summed E-state index contributed by atoms with van der Waals surface area (Å²) in [6.45, 7) is 1.76. The molecular weight excluding hydrogens is 329 g/mol. The molecule has 0 saturated carbocycles. The van der Waals surface area contributed by atoms with E-state index in [1.54, 1.807) is 19.1 Å². The molecule has 0 atom stereocenters. The molecule has 0 aliphatic carbocycles. The molecule has 1 heterocycles. The van der Waals surface area contributed by atoms with Crippen LogP contribution in [-0.4, -0.2) is 22.1 Å². The zero-order chi connectivity index (χ0) is 17.5. The van der Waals surface area contributed by atoms with E-state index >= 15 is 0 Å². The van der Waals surface area contributed by atoms with Crippen molar-refractivity contribution in [1.29, 1.82) is 0 Å². The van der Waals surface area contributed by atoms with Gasteiger partial charge in [-0.3, -0.25) is 0 Å².